The largest absolute Gasteiger partial charge is 0.417 e. The van der Waals surface area contributed by atoms with Crippen LogP contribution >= 0.6 is 11.6 Å². The van der Waals surface area contributed by atoms with Crippen molar-refractivity contribution in [2.45, 2.75) is 6.18 Å². The van der Waals surface area contributed by atoms with E-state index in [2.05, 4.69) is 4.98 Å². The summed E-state index contributed by atoms with van der Waals surface area (Å²) in [6, 6.07) is 0.777. The molecule has 118 valence electrons. The van der Waals surface area contributed by atoms with Gasteiger partial charge < -0.3 is 4.90 Å². The number of anilines is 1. The third-order valence-electron chi connectivity index (χ3n) is 3.01. The standard InChI is InChI=1S/C10H11ClF3N3O3S/c11-8-5-7(10(12,13)14)6-15-9(8)16-1-3-17(4-2-16)21(18,19)20/h5-6H,1-4H2,(H,18,19,20). The number of rotatable bonds is 2. The number of hydrogen-bond acceptors (Lipinski definition) is 4. The van der Waals surface area contributed by atoms with Crippen molar-refractivity contribution in [3.63, 3.8) is 0 Å². The summed E-state index contributed by atoms with van der Waals surface area (Å²) in [5, 5.41) is -0.162. The van der Waals surface area contributed by atoms with Crippen molar-refractivity contribution in [2.24, 2.45) is 0 Å². The number of pyridine rings is 1. The van der Waals surface area contributed by atoms with E-state index in [1.54, 1.807) is 4.90 Å². The van der Waals surface area contributed by atoms with Gasteiger partial charge >= 0.3 is 16.5 Å². The molecule has 1 N–H and O–H groups in total. The molecule has 1 aliphatic heterocycles. The molecule has 6 nitrogen and oxygen atoms in total. The van der Waals surface area contributed by atoms with Gasteiger partial charge in [-0.1, -0.05) is 11.6 Å². The Bertz CT molecular complexity index is 630. The van der Waals surface area contributed by atoms with Crippen LogP contribution in [-0.2, 0) is 16.5 Å². The molecule has 1 saturated heterocycles. The van der Waals surface area contributed by atoms with Gasteiger partial charge in [-0.05, 0) is 6.07 Å². The van der Waals surface area contributed by atoms with E-state index in [0.29, 0.717) is 6.20 Å². The second kappa shape index (κ2) is 5.59. The number of hydrogen-bond donors (Lipinski definition) is 1. The Morgan fingerprint density at radius 3 is 2.24 bits per heavy atom. The molecular weight excluding hydrogens is 335 g/mol. The van der Waals surface area contributed by atoms with Gasteiger partial charge in [-0.15, -0.1) is 0 Å². The van der Waals surface area contributed by atoms with Crippen molar-refractivity contribution in [2.75, 3.05) is 31.1 Å². The fourth-order valence-corrected chi connectivity index (χ4v) is 2.86. The maximum absolute atomic E-state index is 12.5. The summed E-state index contributed by atoms with van der Waals surface area (Å²) in [6.45, 7) is 0.325. The van der Waals surface area contributed by atoms with Crippen molar-refractivity contribution in [1.82, 2.24) is 9.29 Å². The van der Waals surface area contributed by atoms with Crippen LogP contribution in [0, 0.1) is 0 Å². The lowest BCUT2D eigenvalue weighted by molar-refractivity contribution is -0.137. The molecule has 0 aliphatic carbocycles. The lowest BCUT2D eigenvalue weighted by Crippen LogP contribution is -2.48. The minimum Gasteiger partial charge on any atom is -0.353 e. The van der Waals surface area contributed by atoms with E-state index in [4.69, 9.17) is 16.2 Å². The van der Waals surface area contributed by atoms with Crippen molar-refractivity contribution in [3.8, 4) is 0 Å². The smallest absolute Gasteiger partial charge is 0.353 e. The summed E-state index contributed by atoms with van der Waals surface area (Å²) in [6.07, 6.45) is -3.85. The molecule has 0 bridgehead atoms. The summed E-state index contributed by atoms with van der Waals surface area (Å²) in [5.74, 6) is 0.152. The van der Waals surface area contributed by atoms with E-state index in [0.717, 1.165) is 10.4 Å². The second-order valence-corrected chi connectivity index (χ2v) is 6.21. The first-order chi connectivity index (χ1) is 9.59. The summed E-state index contributed by atoms with van der Waals surface area (Å²) in [4.78, 5) is 5.26. The summed E-state index contributed by atoms with van der Waals surface area (Å²) in [5.41, 5.74) is -0.951. The molecule has 0 radical (unpaired) electrons. The number of halogens is 4. The molecule has 21 heavy (non-hydrogen) atoms. The van der Waals surface area contributed by atoms with Gasteiger partial charge in [0.05, 0.1) is 10.6 Å². The molecule has 0 unspecified atom stereocenters. The van der Waals surface area contributed by atoms with Crippen LogP contribution in [0.5, 0.6) is 0 Å². The van der Waals surface area contributed by atoms with E-state index in [9.17, 15) is 21.6 Å². The zero-order chi connectivity index (χ0) is 15.8. The minimum atomic E-state index is -4.53. The fraction of sp³-hybridized carbons (Fsp3) is 0.500. The minimum absolute atomic E-state index is 0.00212. The first-order valence-corrected chi connectivity index (χ1v) is 7.57. The highest BCUT2D eigenvalue weighted by atomic mass is 35.5. The van der Waals surface area contributed by atoms with Crippen molar-refractivity contribution in [3.05, 3.63) is 22.8 Å². The SMILES string of the molecule is O=S(=O)(O)N1CCN(c2ncc(C(F)(F)F)cc2Cl)CC1. The zero-order valence-electron chi connectivity index (χ0n) is 10.5. The van der Waals surface area contributed by atoms with Crippen LogP contribution in [0.4, 0.5) is 19.0 Å². The maximum Gasteiger partial charge on any atom is 0.417 e. The average molecular weight is 346 g/mol. The molecule has 11 heteroatoms. The van der Waals surface area contributed by atoms with E-state index >= 15 is 0 Å². The van der Waals surface area contributed by atoms with Gasteiger partial charge in [0.2, 0.25) is 0 Å². The molecule has 1 aromatic rings. The highest BCUT2D eigenvalue weighted by Crippen LogP contribution is 2.33. The van der Waals surface area contributed by atoms with E-state index in [1.165, 1.54) is 0 Å². The lowest BCUT2D eigenvalue weighted by Gasteiger charge is -2.33. The first-order valence-electron chi connectivity index (χ1n) is 5.79. The molecule has 0 aromatic carbocycles. The van der Waals surface area contributed by atoms with E-state index in [-0.39, 0.29) is 37.0 Å². The molecule has 1 aliphatic rings. The van der Waals surface area contributed by atoms with Gasteiger partial charge in [-0.25, -0.2) is 4.98 Å². The molecule has 2 rings (SSSR count). The van der Waals surface area contributed by atoms with Crippen LogP contribution in [0.2, 0.25) is 5.02 Å². The van der Waals surface area contributed by atoms with Crippen LogP contribution in [0.15, 0.2) is 12.3 Å². The zero-order valence-corrected chi connectivity index (χ0v) is 12.1. The third kappa shape index (κ3) is 3.76. The van der Waals surface area contributed by atoms with Gasteiger partial charge in [0, 0.05) is 32.4 Å². The van der Waals surface area contributed by atoms with Crippen LogP contribution in [-0.4, -0.2) is 48.4 Å². The number of nitrogens with zero attached hydrogens (tertiary/aromatic N) is 3. The topological polar surface area (TPSA) is 73.7 Å². The predicted octanol–water partition coefficient (Wildman–Crippen LogP) is 1.68. The van der Waals surface area contributed by atoms with E-state index < -0.39 is 22.0 Å². The van der Waals surface area contributed by atoms with Crippen molar-refractivity contribution < 1.29 is 26.1 Å². The van der Waals surface area contributed by atoms with Crippen molar-refractivity contribution >= 4 is 27.7 Å². The number of aromatic nitrogens is 1. The van der Waals surface area contributed by atoms with Crippen molar-refractivity contribution in [1.29, 1.82) is 0 Å². The molecule has 1 aromatic heterocycles. The third-order valence-corrected chi connectivity index (χ3v) is 4.31. The van der Waals surface area contributed by atoms with Gasteiger partial charge in [0.25, 0.3) is 0 Å². The van der Waals surface area contributed by atoms with Gasteiger partial charge in [0.15, 0.2) is 0 Å². The molecule has 0 amide bonds. The molecule has 2 heterocycles. The second-order valence-electron chi connectivity index (χ2n) is 4.39. The highest BCUT2D eigenvalue weighted by Gasteiger charge is 2.32. The summed E-state index contributed by atoms with van der Waals surface area (Å²) in [7, 11) is -4.26. The first kappa shape index (κ1) is 16.3. The maximum atomic E-state index is 12.5. The molecule has 0 atom stereocenters. The Morgan fingerprint density at radius 2 is 1.81 bits per heavy atom. The monoisotopic (exact) mass is 345 g/mol. The Morgan fingerprint density at radius 1 is 1.24 bits per heavy atom. The summed E-state index contributed by atoms with van der Waals surface area (Å²) >= 11 is 5.81. The normalized spacial score (nSPS) is 18.0. The number of alkyl halides is 3. The summed E-state index contributed by atoms with van der Waals surface area (Å²) < 4.78 is 69.2. The van der Waals surface area contributed by atoms with Crippen LogP contribution in [0.1, 0.15) is 5.56 Å². The number of piperazine rings is 1. The molecule has 0 spiro atoms. The molecular formula is C10H11ClF3N3O3S. The van der Waals surface area contributed by atoms with Crippen LogP contribution in [0.3, 0.4) is 0 Å². The average Bonchev–Trinajstić information content (AvgIpc) is 2.36. The van der Waals surface area contributed by atoms with Gasteiger partial charge in [0.1, 0.15) is 5.82 Å². The quantitative estimate of drug-likeness (QED) is 0.826. The molecule has 0 saturated carbocycles. The van der Waals surface area contributed by atoms with Crippen LogP contribution < -0.4 is 4.90 Å². The predicted molar refractivity (Wildman–Crippen MR) is 69.6 cm³/mol. The Balaban J connectivity index is 2.14. The van der Waals surface area contributed by atoms with Crippen LogP contribution in [0.25, 0.3) is 0 Å². The Kier molecular flexibility index (Phi) is 4.34. The van der Waals surface area contributed by atoms with Gasteiger partial charge in [-0.3, -0.25) is 4.55 Å². The van der Waals surface area contributed by atoms with Gasteiger partial charge in [-0.2, -0.15) is 25.9 Å². The Labute approximate surface area is 124 Å². The van der Waals surface area contributed by atoms with E-state index in [1.807, 2.05) is 0 Å². The Hall–Kier alpha value is -1.10. The fourth-order valence-electron chi connectivity index (χ4n) is 1.95. The highest BCUT2D eigenvalue weighted by molar-refractivity contribution is 7.83. The molecule has 1 fully saturated rings. The lowest BCUT2D eigenvalue weighted by atomic mass is 10.2.